The summed E-state index contributed by atoms with van der Waals surface area (Å²) in [6, 6.07) is 1.39. The topological polar surface area (TPSA) is 65.7 Å². The lowest BCUT2D eigenvalue weighted by Gasteiger charge is -2.36. The molecule has 6 nitrogen and oxygen atoms in total. The summed E-state index contributed by atoms with van der Waals surface area (Å²) in [7, 11) is 0. The van der Waals surface area contributed by atoms with Gasteiger partial charge in [0.2, 0.25) is 0 Å². The number of nitrogens with one attached hydrogen (secondary N) is 2. The van der Waals surface area contributed by atoms with E-state index in [2.05, 4.69) is 27.6 Å². The van der Waals surface area contributed by atoms with Crippen molar-refractivity contribution < 1.29 is 4.52 Å². The highest BCUT2D eigenvalue weighted by Crippen LogP contribution is 2.26. The van der Waals surface area contributed by atoms with Gasteiger partial charge < -0.3 is 20.1 Å². The fraction of sp³-hybridized carbons (Fsp3) is 0.800. The smallest absolute Gasteiger partial charge is 0.191 e. The Morgan fingerprint density at radius 2 is 1.89 bits per heavy atom. The molecule has 0 amide bonds. The molecule has 1 saturated heterocycles. The van der Waals surface area contributed by atoms with Crippen LogP contribution in [-0.4, -0.2) is 54.3 Å². The van der Waals surface area contributed by atoms with E-state index in [1.807, 2.05) is 13.8 Å². The van der Waals surface area contributed by atoms with Crippen LogP contribution in [0.3, 0.4) is 0 Å². The molecular formula is C20H36IN5O. The Morgan fingerprint density at radius 3 is 2.48 bits per heavy atom. The molecule has 0 atom stereocenters. The number of likely N-dealkylation sites (tertiary alicyclic amines) is 1. The van der Waals surface area contributed by atoms with Crippen LogP contribution in [0.1, 0.15) is 62.5 Å². The molecule has 0 unspecified atom stereocenters. The lowest BCUT2D eigenvalue weighted by molar-refractivity contribution is 0.150. The van der Waals surface area contributed by atoms with Crippen molar-refractivity contribution in [3.8, 4) is 0 Å². The first-order valence-electron chi connectivity index (χ1n) is 10.4. The first-order valence-corrected chi connectivity index (χ1v) is 10.4. The molecular weight excluding hydrogens is 453 g/mol. The van der Waals surface area contributed by atoms with Gasteiger partial charge in [0, 0.05) is 43.8 Å². The van der Waals surface area contributed by atoms with Gasteiger partial charge in [-0.3, -0.25) is 4.99 Å². The second kappa shape index (κ2) is 11.2. The molecule has 0 bridgehead atoms. The standard InChI is InChI=1S/C20H35N5O.HI/c1-4-21-20(22-12-9-19-15(2)24-26-16(19)3)23-17-10-13-25(14-11-17)18-7-5-6-8-18;/h17-18H,4-14H2,1-3H3,(H2,21,22,23);1H. The highest BCUT2D eigenvalue weighted by atomic mass is 127. The van der Waals surface area contributed by atoms with Gasteiger partial charge in [-0.05, 0) is 52.9 Å². The van der Waals surface area contributed by atoms with Gasteiger partial charge in [0.05, 0.1) is 5.69 Å². The van der Waals surface area contributed by atoms with Gasteiger partial charge in [0.25, 0.3) is 0 Å². The van der Waals surface area contributed by atoms with Gasteiger partial charge >= 0.3 is 0 Å². The summed E-state index contributed by atoms with van der Waals surface area (Å²) in [5.74, 6) is 1.86. The van der Waals surface area contributed by atoms with Crippen molar-refractivity contribution in [2.45, 2.75) is 77.8 Å². The largest absolute Gasteiger partial charge is 0.361 e. The van der Waals surface area contributed by atoms with Crippen LogP contribution < -0.4 is 10.6 Å². The molecule has 7 heteroatoms. The maximum Gasteiger partial charge on any atom is 0.191 e. The Bertz CT molecular complexity index is 570. The molecule has 1 aromatic rings. The molecule has 1 aliphatic carbocycles. The maximum atomic E-state index is 5.24. The molecule has 2 N–H and O–H groups in total. The second-order valence-corrected chi connectivity index (χ2v) is 7.71. The van der Waals surface area contributed by atoms with E-state index in [4.69, 9.17) is 9.52 Å². The van der Waals surface area contributed by atoms with Gasteiger partial charge in [0.1, 0.15) is 5.76 Å². The van der Waals surface area contributed by atoms with Crippen molar-refractivity contribution in [1.29, 1.82) is 0 Å². The zero-order valence-corrected chi connectivity index (χ0v) is 19.4. The second-order valence-electron chi connectivity index (χ2n) is 7.71. The third-order valence-electron chi connectivity index (χ3n) is 5.87. The average molecular weight is 489 g/mol. The van der Waals surface area contributed by atoms with Crippen molar-refractivity contribution in [3.63, 3.8) is 0 Å². The quantitative estimate of drug-likeness (QED) is 0.364. The van der Waals surface area contributed by atoms with E-state index in [0.29, 0.717) is 6.04 Å². The lowest BCUT2D eigenvalue weighted by atomic mass is 10.0. The third kappa shape index (κ3) is 6.34. The molecule has 3 rings (SSSR count). The highest BCUT2D eigenvalue weighted by molar-refractivity contribution is 14.0. The molecule has 0 radical (unpaired) electrons. The number of rotatable bonds is 6. The monoisotopic (exact) mass is 489 g/mol. The van der Waals surface area contributed by atoms with Crippen LogP contribution in [0.4, 0.5) is 0 Å². The zero-order valence-electron chi connectivity index (χ0n) is 17.1. The number of piperidine rings is 1. The van der Waals surface area contributed by atoms with Crippen LogP contribution in [0, 0.1) is 13.8 Å². The number of nitrogens with zero attached hydrogens (tertiary/aromatic N) is 3. The summed E-state index contributed by atoms with van der Waals surface area (Å²) in [6.45, 7) is 10.2. The minimum Gasteiger partial charge on any atom is -0.361 e. The third-order valence-corrected chi connectivity index (χ3v) is 5.87. The summed E-state index contributed by atoms with van der Waals surface area (Å²) in [5, 5.41) is 11.1. The van der Waals surface area contributed by atoms with Gasteiger partial charge in [0.15, 0.2) is 5.96 Å². The summed E-state index contributed by atoms with van der Waals surface area (Å²) < 4.78 is 5.24. The van der Waals surface area contributed by atoms with Crippen LogP contribution in [0.5, 0.6) is 0 Å². The minimum atomic E-state index is 0. The van der Waals surface area contributed by atoms with E-state index < -0.39 is 0 Å². The van der Waals surface area contributed by atoms with Gasteiger partial charge in [-0.1, -0.05) is 18.0 Å². The molecule has 2 fully saturated rings. The van der Waals surface area contributed by atoms with E-state index in [1.165, 1.54) is 57.2 Å². The van der Waals surface area contributed by atoms with Crippen LogP contribution in [0.2, 0.25) is 0 Å². The van der Waals surface area contributed by atoms with Crippen molar-refractivity contribution >= 4 is 29.9 Å². The van der Waals surface area contributed by atoms with Crippen LogP contribution in [0.25, 0.3) is 0 Å². The van der Waals surface area contributed by atoms with E-state index in [9.17, 15) is 0 Å². The number of guanidine groups is 1. The molecule has 154 valence electrons. The fourth-order valence-electron chi connectivity index (χ4n) is 4.33. The normalized spacial score (nSPS) is 19.9. The number of hydrogen-bond donors (Lipinski definition) is 2. The Kier molecular flexibility index (Phi) is 9.35. The van der Waals surface area contributed by atoms with Crippen LogP contribution in [0.15, 0.2) is 9.52 Å². The van der Waals surface area contributed by atoms with E-state index in [-0.39, 0.29) is 24.0 Å². The first kappa shape index (κ1) is 22.5. The van der Waals surface area contributed by atoms with Crippen LogP contribution >= 0.6 is 24.0 Å². The Morgan fingerprint density at radius 1 is 1.19 bits per heavy atom. The minimum absolute atomic E-state index is 0. The Labute approximate surface area is 180 Å². The molecule has 2 heterocycles. The van der Waals surface area contributed by atoms with E-state index >= 15 is 0 Å². The first-order chi connectivity index (χ1) is 12.7. The molecule has 1 aromatic heterocycles. The van der Waals surface area contributed by atoms with Crippen molar-refractivity contribution in [2.75, 3.05) is 26.2 Å². The number of aliphatic imine (C=N–C) groups is 1. The maximum absolute atomic E-state index is 5.24. The Hall–Kier alpha value is -0.830. The average Bonchev–Trinajstić information content (AvgIpc) is 3.28. The summed E-state index contributed by atoms with van der Waals surface area (Å²) in [5.41, 5.74) is 2.17. The zero-order chi connectivity index (χ0) is 18.4. The molecule has 27 heavy (non-hydrogen) atoms. The molecule has 0 aromatic carbocycles. The van der Waals surface area contributed by atoms with Crippen LogP contribution in [-0.2, 0) is 6.42 Å². The number of aromatic nitrogens is 1. The number of aryl methyl sites for hydroxylation is 2. The van der Waals surface area contributed by atoms with Gasteiger partial charge in [-0.25, -0.2) is 0 Å². The fourth-order valence-corrected chi connectivity index (χ4v) is 4.33. The van der Waals surface area contributed by atoms with Crippen molar-refractivity contribution in [1.82, 2.24) is 20.7 Å². The van der Waals surface area contributed by atoms with Crippen molar-refractivity contribution in [2.24, 2.45) is 4.99 Å². The predicted molar refractivity (Wildman–Crippen MR) is 121 cm³/mol. The SMILES string of the molecule is CCNC(=NCCc1c(C)noc1C)NC1CCN(C2CCCC2)CC1.I. The molecule has 2 aliphatic rings. The predicted octanol–water partition coefficient (Wildman–Crippen LogP) is 3.41. The highest BCUT2D eigenvalue weighted by Gasteiger charge is 2.27. The summed E-state index contributed by atoms with van der Waals surface area (Å²) in [4.78, 5) is 7.49. The number of hydrogen-bond acceptors (Lipinski definition) is 4. The van der Waals surface area contributed by atoms with Gasteiger partial charge in [-0.15, -0.1) is 24.0 Å². The van der Waals surface area contributed by atoms with Gasteiger partial charge in [-0.2, -0.15) is 0 Å². The lowest BCUT2D eigenvalue weighted by Crippen LogP contribution is -2.50. The summed E-state index contributed by atoms with van der Waals surface area (Å²) in [6.07, 6.45) is 8.96. The van der Waals surface area contributed by atoms with Crippen molar-refractivity contribution in [3.05, 3.63) is 17.0 Å². The van der Waals surface area contributed by atoms with E-state index in [0.717, 1.165) is 43.0 Å². The molecule has 1 saturated carbocycles. The summed E-state index contributed by atoms with van der Waals surface area (Å²) >= 11 is 0. The molecule has 0 spiro atoms. The molecule has 1 aliphatic heterocycles. The van der Waals surface area contributed by atoms with E-state index in [1.54, 1.807) is 0 Å². The Balaban J connectivity index is 0.00000261. The number of halogens is 1.